The Balaban J connectivity index is 2.74. The molecule has 92 valence electrons. The standard InChI is InChI=1S/C13H11NO4/c1-8(16)14-6-10(7-15)11-4-3-9(5-12(11)14)13(17)18-2/h3-7H,1-2H3. The highest BCUT2D eigenvalue weighted by Gasteiger charge is 2.13. The van der Waals surface area contributed by atoms with E-state index in [2.05, 4.69) is 4.74 Å². The third-order valence-electron chi connectivity index (χ3n) is 2.72. The van der Waals surface area contributed by atoms with Crippen molar-refractivity contribution < 1.29 is 19.1 Å². The lowest BCUT2D eigenvalue weighted by Gasteiger charge is -2.02. The van der Waals surface area contributed by atoms with Crippen molar-refractivity contribution in [3.8, 4) is 0 Å². The molecule has 1 aromatic heterocycles. The van der Waals surface area contributed by atoms with E-state index < -0.39 is 5.97 Å². The summed E-state index contributed by atoms with van der Waals surface area (Å²) in [7, 11) is 1.29. The molecule has 0 atom stereocenters. The molecule has 0 N–H and O–H groups in total. The summed E-state index contributed by atoms with van der Waals surface area (Å²) in [6.07, 6.45) is 2.14. The highest BCUT2D eigenvalue weighted by Crippen LogP contribution is 2.22. The van der Waals surface area contributed by atoms with Crippen LogP contribution in [0.3, 0.4) is 0 Å². The average molecular weight is 245 g/mol. The summed E-state index contributed by atoms with van der Waals surface area (Å²) in [5.74, 6) is -0.712. The van der Waals surface area contributed by atoms with Gasteiger partial charge in [0.05, 0.1) is 18.2 Å². The number of fused-ring (bicyclic) bond motifs is 1. The lowest BCUT2D eigenvalue weighted by Crippen LogP contribution is -2.05. The molecule has 0 spiro atoms. The van der Waals surface area contributed by atoms with Gasteiger partial charge in [-0.3, -0.25) is 14.2 Å². The van der Waals surface area contributed by atoms with Gasteiger partial charge in [-0.15, -0.1) is 0 Å². The second-order valence-corrected chi connectivity index (χ2v) is 3.81. The number of nitrogens with zero attached hydrogens (tertiary/aromatic N) is 1. The smallest absolute Gasteiger partial charge is 0.337 e. The summed E-state index contributed by atoms with van der Waals surface area (Å²) in [6.45, 7) is 1.39. The van der Waals surface area contributed by atoms with Crippen LogP contribution < -0.4 is 0 Å². The van der Waals surface area contributed by atoms with Crippen LogP contribution in [0.4, 0.5) is 0 Å². The lowest BCUT2D eigenvalue weighted by molar-refractivity contribution is 0.0600. The lowest BCUT2D eigenvalue weighted by atomic mass is 10.1. The Morgan fingerprint density at radius 2 is 2.06 bits per heavy atom. The van der Waals surface area contributed by atoms with Gasteiger partial charge in [0, 0.05) is 24.1 Å². The van der Waals surface area contributed by atoms with E-state index in [0.717, 1.165) is 0 Å². The summed E-state index contributed by atoms with van der Waals surface area (Å²) in [6, 6.07) is 4.73. The molecule has 18 heavy (non-hydrogen) atoms. The third-order valence-corrected chi connectivity index (χ3v) is 2.72. The number of rotatable bonds is 2. The van der Waals surface area contributed by atoms with Crippen molar-refractivity contribution in [2.45, 2.75) is 6.92 Å². The first-order valence-corrected chi connectivity index (χ1v) is 5.28. The molecule has 0 bridgehead atoms. The molecule has 0 aliphatic rings. The molecule has 0 amide bonds. The Bertz CT molecular complexity index is 654. The van der Waals surface area contributed by atoms with Gasteiger partial charge in [0.1, 0.15) is 0 Å². The van der Waals surface area contributed by atoms with Gasteiger partial charge in [-0.25, -0.2) is 4.79 Å². The van der Waals surface area contributed by atoms with Gasteiger partial charge in [0.15, 0.2) is 6.29 Å². The number of ether oxygens (including phenoxy) is 1. The fraction of sp³-hybridized carbons (Fsp3) is 0.154. The van der Waals surface area contributed by atoms with Crippen LogP contribution in [-0.2, 0) is 4.74 Å². The normalized spacial score (nSPS) is 10.3. The first-order valence-electron chi connectivity index (χ1n) is 5.28. The molecule has 0 saturated heterocycles. The molecule has 0 fully saturated rings. The number of carbonyl (C=O) groups is 3. The van der Waals surface area contributed by atoms with Gasteiger partial charge >= 0.3 is 5.97 Å². The van der Waals surface area contributed by atoms with Crippen molar-refractivity contribution >= 4 is 29.1 Å². The molecule has 1 heterocycles. The SMILES string of the molecule is COC(=O)c1ccc2c(C=O)cn(C(C)=O)c2c1. The fourth-order valence-corrected chi connectivity index (χ4v) is 1.85. The third kappa shape index (κ3) is 1.79. The zero-order valence-electron chi connectivity index (χ0n) is 9.97. The van der Waals surface area contributed by atoms with Crippen LogP contribution in [0.15, 0.2) is 24.4 Å². The number of esters is 1. The zero-order valence-corrected chi connectivity index (χ0v) is 9.97. The summed E-state index contributed by atoms with van der Waals surface area (Å²) in [5, 5.41) is 0.632. The Hall–Kier alpha value is -2.43. The van der Waals surface area contributed by atoms with Gasteiger partial charge in [0.25, 0.3) is 0 Å². The summed E-state index contributed by atoms with van der Waals surface area (Å²) in [5.41, 5.74) is 1.27. The topological polar surface area (TPSA) is 65.4 Å². The Morgan fingerprint density at radius 1 is 1.33 bits per heavy atom. The maximum absolute atomic E-state index is 11.5. The van der Waals surface area contributed by atoms with Crippen LogP contribution >= 0.6 is 0 Å². The number of aromatic nitrogens is 1. The number of benzene rings is 1. The molecule has 0 radical (unpaired) electrons. The maximum atomic E-state index is 11.5. The molecule has 2 rings (SSSR count). The van der Waals surface area contributed by atoms with Crippen LogP contribution in [0.5, 0.6) is 0 Å². The molecule has 0 aliphatic heterocycles. The maximum Gasteiger partial charge on any atom is 0.337 e. The number of hydrogen-bond donors (Lipinski definition) is 0. The fourth-order valence-electron chi connectivity index (χ4n) is 1.85. The van der Waals surface area contributed by atoms with Crippen molar-refractivity contribution in [3.63, 3.8) is 0 Å². The predicted octanol–water partition coefficient (Wildman–Crippen LogP) is 1.90. The summed E-state index contributed by atoms with van der Waals surface area (Å²) >= 11 is 0. The molecule has 5 nitrogen and oxygen atoms in total. The molecular weight excluding hydrogens is 234 g/mol. The quantitative estimate of drug-likeness (QED) is 0.598. The van der Waals surface area contributed by atoms with Crippen molar-refractivity contribution in [2.24, 2.45) is 0 Å². The van der Waals surface area contributed by atoms with Crippen LogP contribution in [0, 0.1) is 0 Å². The van der Waals surface area contributed by atoms with Gasteiger partial charge in [-0.1, -0.05) is 6.07 Å². The minimum Gasteiger partial charge on any atom is -0.465 e. The molecule has 1 aromatic carbocycles. The van der Waals surface area contributed by atoms with E-state index in [1.165, 1.54) is 30.9 Å². The minimum atomic E-state index is -0.485. The number of hydrogen-bond acceptors (Lipinski definition) is 4. The van der Waals surface area contributed by atoms with Crippen LogP contribution in [0.1, 0.15) is 32.4 Å². The second kappa shape index (κ2) is 4.44. The van der Waals surface area contributed by atoms with E-state index in [4.69, 9.17) is 0 Å². The highest BCUT2D eigenvalue weighted by atomic mass is 16.5. The first kappa shape index (κ1) is 12.0. The van der Waals surface area contributed by atoms with E-state index in [0.29, 0.717) is 28.3 Å². The molecule has 0 saturated carbocycles. The molecule has 2 aromatic rings. The van der Waals surface area contributed by atoms with Crippen LogP contribution in [0.2, 0.25) is 0 Å². The monoisotopic (exact) mass is 245 g/mol. The van der Waals surface area contributed by atoms with E-state index in [1.807, 2.05) is 0 Å². The predicted molar refractivity (Wildman–Crippen MR) is 65.0 cm³/mol. The van der Waals surface area contributed by atoms with E-state index in [-0.39, 0.29) is 5.91 Å². The Morgan fingerprint density at radius 3 is 2.61 bits per heavy atom. The molecule has 0 unspecified atom stereocenters. The average Bonchev–Trinajstić information content (AvgIpc) is 2.75. The highest BCUT2D eigenvalue weighted by molar-refractivity contribution is 6.04. The van der Waals surface area contributed by atoms with E-state index in [9.17, 15) is 14.4 Å². The van der Waals surface area contributed by atoms with Gasteiger partial charge < -0.3 is 4.74 Å². The number of aldehydes is 1. The van der Waals surface area contributed by atoms with Crippen molar-refractivity contribution in [3.05, 3.63) is 35.5 Å². The molecular formula is C13H11NO4. The molecule has 5 heteroatoms. The van der Waals surface area contributed by atoms with Gasteiger partial charge in [-0.05, 0) is 12.1 Å². The number of methoxy groups -OCH3 is 1. The van der Waals surface area contributed by atoms with Crippen molar-refractivity contribution in [1.29, 1.82) is 0 Å². The van der Waals surface area contributed by atoms with Crippen LogP contribution in [0.25, 0.3) is 10.9 Å². The van der Waals surface area contributed by atoms with Gasteiger partial charge in [0.2, 0.25) is 5.91 Å². The number of carbonyl (C=O) groups excluding carboxylic acids is 3. The second-order valence-electron chi connectivity index (χ2n) is 3.81. The minimum absolute atomic E-state index is 0.227. The van der Waals surface area contributed by atoms with Crippen molar-refractivity contribution in [2.75, 3.05) is 7.11 Å². The van der Waals surface area contributed by atoms with Crippen LogP contribution in [-0.4, -0.2) is 29.8 Å². The van der Waals surface area contributed by atoms with E-state index >= 15 is 0 Å². The Labute approximate surface area is 103 Å². The van der Waals surface area contributed by atoms with Crippen molar-refractivity contribution in [1.82, 2.24) is 4.57 Å². The summed E-state index contributed by atoms with van der Waals surface area (Å²) < 4.78 is 5.95. The zero-order chi connectivity index (χ0) is 13.3. The largest absolute Gasteiger partial charge is 0.465 e. The Kier molecular flexibility index (Phi) is 2.97. The summed E-state index contributed by atoms with van der Waals surface area (Å²) in [4.78, 5) is 33.8. The first-order chi connectivity index (χ1) is 8.58. The van der Waals surface area contributed by atoms with Gasteiger partial charge in [-0.2, -0.15) is 0 Å². The molecule has 0 aliphatic carbocycles. The van der Waals surface area contributed by atoms with E-state index in [1.54, 1.807) is 12.1 Å².